The second kappa shape index (κ2) is 9.76. The van der Waals surface area contributed by atoms with Crippen molar-refractivity contribution < 1.29 is 24.2 Å². The van der Waals surface area contributed by atoms with Crippen molar-refractivity contribution in [2.24, 2.45) is 0 Å². The fraction of sp³-hybridized carbons (Fsp3) is 0.0800. The molecule has 1 unspecified atom stereocenters. The molecule has 3 aromatic carbocycles. The third-order valence-corrected chi connectivity index (χ3v) is 5.50. The normalized spacial score (nSPS) is 11.7. The number of halogens is 2. The molecular weight excluding hydrogens is 461 g/mol. The number of carboxylic acids is 1. The number of aliphatic carboxylic acids is 1. The predicted molar refractivity (Wildman–Crippen MR) is 125 cm³/mol. The van der Waals surface area contributed by atoms with Crippen LogP contribution in [0.1, 0.15) is 28.5 Å². The monoisotopic (exact) mass is 479 g/mol. The molecule has 7 nitrogen and oxygen atoms in total. The first-order chi connectivity index (χ1) is 16.3. The molecule has 4 aromatic rings. The van der Waals surface area contributed by atoms with Crippen molar-refractivity contribution in [2.45, 2.75) is 12.5 Å². The Kier molecular flexibility index (Phi) is 6.60. The highest BCUT2D eigenvalue weighted by Crippen LogP contribution is 2.26. The summed E-state index contributed by atoms with van der Waals surface area (Å²) in [5.74, 6) is -2.39. The zero-order valence-electron chi connectivity index (χ0n) is 17.7. The molecule has 1 atom stereocenters. The molecule has 9 heteroatoms. The third-order valence-electron chi connectivity index (χ3n) is 5.18. The Morgan fingerprint density at radius 3 is 2.24 bits per heavy atom. The Balaban J connectivity index is 1.56. The number of carboxylic acid groups (broad SMARTS) is 1. The van der Waals surface area contributed by atoms with Crippen LogP contribution in [-0.2, 0) is 4.79 Å². The van der Waals surface area contributed by atoms with Crippen molar-refractivity contribution in [1.29, 1.82) is 0 Å². The summed E-state index contributed by atoms with van der Waals surface area (Å²) in [7, 11) is 0. The van der Waals surface area contributed by atoms with E-state index >= 15 is 0 Å². The fourth-order valence-corrected chi connectivity index (χ4v) is 3.71. The maximum absolute atomic E-state index is 13.2. The number of aromatic nitrogens is 2. The van der Waals surface area contributed by atoms with Gasteiger partial charge in [0.2, 0.25) is 5.88 Å². The molecule has 34 heavy (non-hydrogen) atoms. The first-order valence-electron chi connectivity index (χ1n) is 10.2. The lowest BCUT2D eigenvalue weighted by Crippen LogP contribution is -2.30. The largest absolute Gasteiger partial charge is 0.493 e. The minimum Gasteiger partial charge on any atom is -0.493 e. The van der Waals surface area contributed by atoms with Gasteiger partial charge in [-0.25, -0.2) is 4.39 Å². The van der Waals surface area contributed by atoms with Crippen molar-refractivity contribution in [3.8, 4) is 22.7 Å². The molecule has 172 valence electrons. The van der Waals surface area contributed by atoms with Crippen LogP contribution in [0.3, 0.4) is 0 Å². The molecular formula is C25H19ClFN3O4. The fourth-order valence-electron chi connectivity index (χ4n) is 3.49. The van der Waals surface area contributed by atoms with Gasteiger partial charge in [0.15, 0.2) is 5.69 Å². The smallest absolute Gasteiger partial charge is 0.305 e. The van der Waals surface area contributed by atoms with Crippen LogP contribution in [0.25, 0.3) is 16.8 Å². The van der Waals surface area contributed by atoms with Crippen molar-refractivity contribution in [3.05, 3.63) is 101 Å². The van der Waals surface area contributed by atoms with E-state index in [9.17, 15) is 24.2 Å². The van der Waals surface area contributed by atoms with E-state index in [1.807, 2.05) is 0 Å². The number of aromatic hydroxyl groups is 1. The van der Waals surface area contributed by atoms with Crippen molar-refractivity contribution in [1.82, 2.24) is 15.1 Å². The third kappa shape index (κ3) is 5.07. The molecule has 0 saturated carbocycles. The SMILES string of the molecule is O=C(O)CC(NC(=O)c1cc(O)n(-c2ccccc2Cl)n1)c1ccc(-c2ccc(F)cc2)cc1. The van der Waals surface area contributed by atoms with Crippen LogP contribution >= 0.6 is 11.6 Å². The molecule has 0 aliphatic carbocycles. The van der Waals surface area contributed by atoms with E-state index < -0.39 is 17.9 Å². The van der Waals surface area contributed by atoms with Gasteiger partial charge in [0.1, 0.15) is 5.82 Å². The molecule has 0 fully saturated rings. The Hall–Kier alpha value is -4.17. The average molecular weight is 480 g/mol. The summed E-state index contributed by atoms with van der Waals surface area (Å²) >= 11 is 6.15. The summed E-state index contributed by atoms with van der Waals surface area (Å²) in [6.07, 6.45) is -0.362. The Bertz CT molecular complexity index is 1340. The van der Waals surface area contributed by atoms with E-state index in [1.165, 1.54) is 18.2 Å². The summed E-state index contributed by atoms with van der Waals surface area (Å²) < 4.78 is 14.3. The van der Waals surface area contributed by atoms with Crippen molar-refractivity contribution >= 4 is 23.5 Å². The lowest BCUT2D eigenvalue weighted by Gasteiger charge is -2.17. The zero-order valence-corrected chi connectivity index (χ0v) is 18.4. The Morgan fingerprint density at radius 1 is 1.00 bits per heavy atom. The van der Waals surface area contributed by atoms with Crippen LogP contribution in [0.2, 0.25) is 5.02 Å². The van der Waals surface area contributed by atoms with Crippen LogP contribution in [-0.4, -0.2) is 31.9 Å². The molecule has 0 radical (unpaired) electrons. The highest BCUT2D eigenvalue weighted by molar-refractivity contribution is 6.32. The number of nitrogens with zero attached hydrogens (tertiary/aromatic N) is 2. The van der Waals surface area contributed by atoms with Crippen LogP contribution in [0.4, 0.5) is 4.39 Å². The van der Waals surface area contributed by atoms with Crippen molar-refractivity contribution in [3.63, 3.8) is 0 Å². The van der Waals surface area contributed by atoms with E-state index in [1.54, 1.807) is 60.7 Å². The van der Waals surface area contributed by atoms with Crippen LogP contribution < -0.4 is 5.32 Å². The summed E-state index contributed by atoms with van der Waals surface area (Å²) in [6, 6.07) is 19.9. The molecule has 0 spiro atoms. The number of hydrogen-bond acceptors (Lipinski definition) is 4. The van der Waals surface area contributed by atoms with Gasteiger partial charge in [-0.05, 0) is 41.0 Å². The predicted octanol–water partition coefficient (Wildman–Crippen LogP) is 4.98. The number of carbonyl (C=O) groups excluding carboxylic acids is 1. The Labute approximate surface area is 199 Å². The molecule has 4 rings (SSSR count). The lowest BCUT2D eigenvalue weighted by molar-refractivity contribution is -0.137. The quantitative estimate of drug-likeness (QED) is 0.346. The number of amides is 1. The van der Waals surface area contributed by atoms with E-state index in [4.69, 9.17) is 11.6 Å². The number of rotatable bonds is 7. The number of nitrogens with one attached hydrogen (secondary N) is 1. The summed E-state index contributed by atoms with van der Waals surface area (Å²) in [5.41, 5.74) is 2.46. The molecule has 0 aliphatic heterocycles. The second-order valence-corrected chi connectivity index (χ2v) is 7.91. The molecule has 3 N–H and O–H groups in total. The van der Waals surface area contributed by atoms with Gasteiger partial charge in [0.25, 0.3) is 5.91 Å². The van der Waals surface area contributed by atoms with Gasteiger partial charge in [0.05, 0.1) is 23.2 Å². The average Bonchev–Trinajstić information content (AvgIpc) is 3.21. The number of carbonyl (C=O) groups is 2. The van der Waals surface area contributed by atoms with Gasteiger partial charge in [-0.2, -0.15) is 9.78 Å². The molecule has 0 aliphatic rings. The topological polar surface area (TPSA) is 104 Å². The standard InChI is InChI=1S/C25H19ClFN3O4/c26-19-3-1-2-4-22(19)30-23(31)13-21(29-30)25(34)28-20(14-24(32)33)17-7-5-15(6-8-17)16-9-11-18(27)12-10-16/h1-13,20,31H,14H2,(H,28,34)(H,32,33). The molecule has 1 heterocycles. The van der Waals surface area contributed by atoms with Gasteiger partial charge in [-0.15, -0.1) is 0 Å². The number of hydrogen-bond donors (Lipinski definition) is 3. The summed E-state index contributed by atoms with van der Waals surface area (Å²) in [5, 5.41) is 26.7. The van der Waals surface area contributed by atoms with Crippen LogP contribution in [0, 0.1) is 5.82 Å². The van der Waals surface area contributed by atoms with Gasteiger partial charge in [-0.1, -0.05) is 60.1 Å². The Morgan fingerprint density at radius 2 is 1.62 bits per heavy atom. The zero-order chi connectivity index (χ0) is 24.2. The lowest BCUT2D eigenvalue weighted by atomic mass is 9.99. The molecule has 0 bridgehead atoms. The molecule has 1 aromatic heterocycles. The minimum atomic E-state index is -1.10. The van der Waals surface area contributed by atoms with Gasteiger partial charge < -0.3 is 15.5 Å². The van der Waals surface area contributed by atoms with Gasteiger partial charge in [0, 0.05) is 6.07 Å². The maximum Gasteiger partial charge on any atom is 0.305 e. The van der Waals surface area contributed by atoms with Gasteiger partial charge in [-0.3, -0.25) is 9.59 Å². The van der Waals surface area contributed by atoms with Crippen LogP contribution in [0.5, 0.6) is 5.88 Å². The summed E-state index contributed by atoms with van der Waals surface area (Å²) in [4.78, 5) is 24.3. The second-order valence-electron chi connectivity index (χ2n) is 7.50. The van der Waals surface area contributed by atoms with E-state index in [2.05, 4.69) is 10.4 Å². The molecule has 0 saturated heterocycles. The number of para-hydroxylation sites is 1. The highest BCUT2D eigenvalue weighted by atomic mass is 35.5. The van der Waals surface area contributed by atoms with E-state index in [0.717, 1.165) is 15.8 Å². The minimum absolute atomic E-state index is 0.101. The highest BCUT2D eigenvalue weighted by Gasteiger charge is 2.22. The van der Waals surface area contributed by atoms with E-state index in [-0.39, 0.29) is 23.8 Å². The van der Waals surface area contributed by atoms with E-state index in [0.29, 0.717) is 16.3 Å². The van der Waals surface area contributed by atoms with Gasteiger partial charge >= 0.3 is 5.97 Å². The van der Waals surface area contributed by atoms with Crippen molar-refractivity contribution in [2.75, 3.05) is 0 Å². The summed E-state index contributed by atoms with van der Waals surface area (Å²) in [6.45, 7) is 0. The van der Waals surface area contributed by atoms with Crippen LogP contribution in [0.15, 0.2) is 78.9 Å². The maximum atomic E-state index is 13.2. The number of benzene rings is 3. The first kappa shape index (κ1) is 23.0. The first-order valence-corrected chi connectivity index (χ1v) is 10.6. The molecule has 1 amide bonds.